The number of benzene rings is 1. The third kappa shape index (κ3) is 5.81. The molecule has 3 aromatic rings. The fourth-order valence-corrected chi connectivity index (χ4v) is 5.28. The summed E-state index contributed by atoms with van der Waals surface area (Å²) in [7, 11) is -3.98. The molecule has 0 saturated heterocycles. The molecule has 1 aliphatic rings. The average molecular weight is 573 g/mol. The molecule has 14 heteroatoms. The number of aryl methyl sites for hydroxylation is 2. The first-order valence-corrected chi connectivity index (χ1v) is 12.7. The van der Waals surface area contributed by atoms with E-state index in [9.17, 15) is 26.4 Å². The van der Waals surface area contributed by atoms with Gasteiger partial charge in [-0.3, -0.25) is 9.48 Å². The number of carbonyl (C=O) groups is 1. The lowest BCUT2D eigenvalue weighted by Gasteiger charge is -2.10. The number of rotatable bonds is 7. The summed E-state index contributed by atoms with van der Waals surface area (Å²) in [5, 5.41) is 6.16. The van der Waals surface area contributed by atoms with Gasteiger partial charge in [0.15, 0.2) is 5.69 Å². The Kier molecular flexibility index (Phi) is 6.62. The predicted molar refractivity (Wildman–Crippen MR) is 124 cm³/mol. The van der Waals surface area contributed by atoms with Crippen LogP contribution >= 0.6 is 15.9 Å². The third-order valence-electron chi connectivity index (χ3n) is 5.11. The molecular formula is C21H20BrF3N6O3S. The molecule has 1 fully saturated rings. The molecule has 0 unspecified atom stereocenters. The summed E-state index contributed by atoms with van der Waals surface area (Å²) in [4.78, 5) is 20.5. The fraction of sp³-hybridized carbons (Fsp3) is 0.333. The molecule has 4 rings (SSSR count). The number of alkyl halides is 3. The molecule has 1 aromatic carbocycles. The lowest BCUT2D eigenvalue weighted by Crippen LogP contribution is -2.21. The van der Waals surface area contributed by atoms with Gasteiger partial charge in [0.2, 0.25) is 11.9 Å². The summed E-state index contributed by atoms with van der Waals surface area (Å²) in [5.74, 6) is -0.748. The van der Waals surface area contributed by atoms with Crippen molar-refractivity contribution in [2.24, 2.45) is 0 Å². The Morgan fingerprint density at radius 3 is 2.29 bits per heavy atom. The molecule has 0 radical (unpaired) electrons. The van der Waals surface area contributed by atoms with Crippen LogP contribution in [0.4, 0.5) is 24.8 Å². The number of aromatic nitrogens is 4. The Labute approximate surface area is 207 Å². The molecule has 2 N–H and O–H groups in total. The largest absolute Gasteiger partial charge is 0.436 e. The van der Waals surface area contributed by atoms with Gasteiger partial charge in [-0.05, 0) is 73.0 Å². The van der Waals surface area contributed by atoms with Gasteiger partial charge in [-0.25, -0.2) is 23.1 Å². The van der Waals surface area contributed by atoms with E-state index in [1.54, 1.807) is 19.9 Å². The number of nitrogens with zero attached hydrogens (tertiary/aromatic N) is 4. The predicted octanol–water partition coefficient (Wildman–Crippen LogP) is 4.39. The summed E-state index contributed by atoms with van der Waals surface area (Å²) in [6.45, 7) is 3.00. The first-order valence-electron chi connectivity index (χ1n) is 10.4. The van der Waals surface area contributed by atoms with E-state index in [2.05, 4.69) is 41.0 Å². The number of hydrogen-bond acceptors (Lipinski definition) is 6. The van der Waals surface area contributed by atoms with Gasteiger partial charge in [-0.1, -0.05) is 0 Å². The van der Waals surface area contributed by atoms with Crippen LogP contribution in [0, 0.1) is 13.8 Å². The lowest BCUT2D eigenvalue weighted by molar-refractivity contribution is -0.142. The van der Waals surface area contributed by atoms with E-state index >= 15 is 0 Å². The second-order valence-corrected chi connectivity index (χ2v) is 10.6. The van der Waals surface area contributed by atoms with Gasteiger partial charge >= 0.3 is 6.18 Å². The molecule has 1 amide bonds. The van der Waals surface area contributed by atoms with Crippen molar-refractivity contribution in [2.75, 3.05) is 10.0 Å². The van der Waals surface area contributed by atoms with Crippen LogP contribution in [-0.4, -0.2) is 34.1 Å². The minimum absolute atomic E-state index is 0.0602. The van der Waals surface area contributed by atoms with Crippen LogP contribution in [0.2, 0.25) is 0 Å². The summed E-state index contributed by atoms with van der Waals surface area (Å²) in [6.07, 6.45) is -3.21. The summed E-state index contributed by atoms with van der Waals surface area (Å²) < 4.78 is 68.3. The summed E-state index contributed by atoms with van der Waals surface area (Å²) in [6, 6.07) is 7.01. The SMILES string of the molecule is Cc1cc(C)nc(NS(=O)(=O)c2ccc(NC(=O)Cn3nc(C(F)(F)F)c(Br)c3C3CC3)cc2)n1. The van der Waals surface area contributed by atoms with Crippen LogP contribution in [0.3, 0.4) is 0 Å². The molecule has 0 spiro atoms. The van der Waals surface area contributed by atoms with Crippen LogP contribution < -0.4 is 10.0 Å². The number of anilines is 2. The average Bonchev–Trinajstić information content (AvgIpc) is 3.50. The Hall–Kier alpha value is -3.00. The first-order chi connectivity index (χ1) is 16.3. The standard InChI is InChI=1S/C21H20BrF3N6O3S/c1-11-9-12(2)27-20(26-11)30-35(33,34)15-7-5-14(6-8-15)28-16(32)10-31-18(13-3-4-13)17(22)19(29-31)21(23,24)25/h5-9,13H,3-4,10H2,1-2H3,(H,28,32)(H,26,27,30). The van der Waals surface area contributed by atoms with Crippen molar-refractivity contribution in [1.82, 2.24) is 19.7 Å². The summed E-state index contributed by atoms with van der Waals surface area (Å²) in [5.41, 5.74) is 0.747. The molecule has 1 saturated carbocycles. The molecule has 1 aliphatic carbocycles. The zero-order valence-corrected chi connectivity index (χ0v) is 20.9. The number of amides is 1. The zero-order chi connectivity index (χ0) is 25.5. The topological polar surface area (TPSA) is 119 Å². The van der Waals surface area contributed by atoms with Crippen LogP contribution in [0.25, 0.3) is 0 Å². The summed E-state index contributed by atoms with van der Waals surface area (Å²) >= 11 is 2.99. The molecular weight excluding hydrogens is 553 g/mol. The van der Waals surface area contributed by atoms with E-state index in [1.165, 1.54) is 24.3 Å². The first kappa shape index (κ1) is 25.1. The number of carbonyl (C=O) groups excluding carboxylic acids is 1. The number of nitrogens with one attached hydrogen (secondary N) is 2. The lowest BCUT2D eigenvalue weighted by atomic mass is 10.2. The van der Waals surface area contributed by atoms with Gasteiger partial charge in [-0.2, -0.15) is 18.3 Å². The van der Waals surface area contributed by atoms with Crippen LogP contribution in [0.5, 0.6) is 0 Å². The number of hydrogen-bond donors (Lipinski definition) is 2. The highest BCUT2D eigenvalue weighted by molar-refractivity contribution is 9.10. The smallest absolute Gasteiger partial charge is 0.324 e. The monoisotopic (exact) mass is 572 g/mol. The Bertz CT molecular complexity index is 1370. The van der Waals surface area contributed by atoms with E-state index in [0.29, 0.717) is 17.1 Å². The maximum Gasteiger partial charge on any atom is 0.436 e. The van der Waals surface area contributed by atoms with E-state index < -0.39 is 34.3 Å². The van der Waals surface area contributed by atoms with Gasteiger partial charge < -0.3 is 5.32 Å². The second kappa shape index (κ2) is 9.22. The molecule has 186 valence electrons. The van der Waals surface area contributed by atoms with Gasteiger partial charge in [0, 0.05) is 23.0 Å². The Balaban J connectivity index is 1.46. The number of halogens is 4. The van der Waals surface area contributed by atoms with Crippen molar-refractivity contribution >= 4 is 43.5 Å². The fourth-order valence-electron chi connectivity index (χ4n) is 3.51. The van der Waals surface area contributed by atoms with Crippen LogP contribution in [0.1, 0.15) is 41.5 Å². The molecule has 0 atom stereocenters. The van der Waals surface area contributed by atoms with Crippen LogP contribution in [-0.2, 0) is 27.5 Å². The Morgan fingerprint density at radius 1 is 1.14 bits per heavy atom. The van der Waals surface area contributed by atoms with E-state index in [0.717, 1.165) is 17.5 Å². The molecule has 2 heterocycles. The third-order valence-corrected chi connectivity index (χ3v) is 7.24. The highest BCUT2D eigenvalue weighted by Gasteiger charge is 2.42. The highest BCUT2D eigenvalue weighted by Crippen LogP contribution is 2.46. The van der Waals surface area contributed by atoms with Gasteiger partial charge in [0.1, 0.15) is 6.54 Å². The Morgan fingerprint density at radius 2 is 1.74 bits per heavy atom. The highest BCUT2D eigenvalue weighted by atomic mass is 79.9. The van der Waals surface area contributed by atoms with Crippen molar-refractivity contribution < 1.29 is 26.4 Å². The van der Waals surface area contributed by atoms with Crippen molar-refractivity contribution in [2.45, 2.75) is 50.2 Å². The van der Waals surface area contributed by atoms with Crippen molar-refractivity contribution in [1.29, 1.82) is 0 Å². The zero-order valence-electron chi connectivity index (χ0n) is 18.5. The maximum absolute atomic E-state index is 13.3. The molecule has 0 aliphatic heterocycles. The molecule has 2 aromatic heterocycles. The van der Waals surface area contributed by atoms with E-state index in [4.69, 9.17) is 0 Å². The maximum atomic E-state index is 13.3. The van der Waals surface area contributed by atoms with E-state index in [-0.39, 0.29) is 26.9 Å². The van der Waals surface area contributed by atoms with Crippen molar-refractivity contribution in [3.05, 3.63) is 57.6 Å². The quantitative estimate of drug-likeness (QED) is 0.433. The minimum atomic E-state index is -4.65. The van der Waals surface area contributed by atoms with E-state index in [1.807, 2.05) is 0 Å². The van der Waals surface area contributed by atoms with Crippen LogP contribution in [0.15, 0.2) is 39.7 Å². The van der Waals surface area contributed by atoms with Crippen molar-refractivity contribution in [3.63, 3.8) is 0 Å². The molecule has 35 heavy (non-hydrogen) atoms. The molecule has 9 nitrogen and oxygen atoms in total. The van der Waals surface area contributed by atoms with Gasteiger partial charge in [0.05, 0.1) is 15.1 Å². The van der Waals surface area contributed by atoms with Crippen molar-refractivity contribution in [3.8, 4) is 0 Å². The van der Waals surface area contributed by atoms with Gasteiger partial charge in [0.25, 0.3) is 10.0 Å². The molecule has 0 bridgehead atoms. The second-order valence-electron chi connectivity index (χ2n) is 8.13. The minimum Gasteiger partial charge on any atom is -0.324 e. The number of sulfonamides is 1. The normalized spacial score (nSPS) is 14.1. The van der Waals surface area contributed by atoms with Gasteiger partial charge in [-0.15, -0.1) is 0 Å².